The lowest BCUT2D eigenvalue weighted by molar-refractivity contribution is -0.133. The van der Waals surface area contributed by atoms with Crippen molar-refractivity contribution in [3.63, 3.8) is 0 Å². The van der Waals surface area contributed by atoms with Crippen molar-refractivity contribution in [3.8, 4) is 28.1 Å². The zero-order valence-corrected chi connectivity index (χ0v) is 19.8. The molecule has 2 heterocycles. The third-order valence-corrected chi connectivity index (χ3v) is 6.35. The molecule has 0 bridgehead atoms. The molecule has 0 saturated carbocycles. The molecule has 1 aromatic heterocycles. The van der Waals surface area contributed by atoms with E-state index in [-0.39, 0.29) is 12.5 Å². The first kappa shape index (κ1) is 22.6. The van der Waals surface area contributed by atoms with Gasteiger partial charge in [-0.3, -0.25) is 4.79 Å². The van der Waals surface area contributed by atoms with Crippen LogP contribution in [-0.4, -0.2) is 53.8 Å². The molecule has 0 aliphatic carbocycles. The number of piperazine rings is 1. The highest BCUT2D eigenvalue weighted by Gasteiger charge is 2.23. The minimum absolute atomic E-state index is 0.00602. The number of nitrogens with zero attached hydrogens (tertiary/aromatic N) is 4. The zero-order chi connectivity index (χ0) is 24.0. The van der Waals surface area contributed by atoms with Crippen molar-refractivity contribution < 1.29 is 9.53 Å². The van der Waals surface area contributed by atoms with E-state index in [1.165, 1.54) is 5.56 Å². The quantitative estimate of drug-likeness (QED) is 0.408. The summed E-state index contributed by atoms with van der Waals surface area (Å²) in [5, 5.41) is 8.90. The number of aryl methyl sites for hydroxylation is 1. The molecule has 0 spiro atoms. The zero-order valence-electron chi connectivity index (χ0n) is 19.8. The van der Waals surface area contributed by atoms with Crippen molar-refractivity contribution in [2.75, 3.05) is 37.7 Å². The molecule has 5 rings (SSSR count). The van der Waals surface area contributed by atoms with Crippen LogP contribution in [0.3, 0.4) is 0 Å². The fourth-order valence-corrected chi connectivity index (χ4v) is 4.36. The van der Waals surface area contributed by atoms with E-state index < -0.39 is 0 Å². The summed E-state index contributed by atoms with van der Waals surface area (Å²) < 4.78 is 5.96. The lowest BCUT2D eigenvalue weighted by Gasteiger charge is -2.35. The van der Waals surface area contributed by atoms with Crippen molar-refractivity contribution in [1.82, 2.24) is 15.1 Å². The van der Waals surface area contributed by atoms with Gasteiger partial charge in [0.25, 0.3) is 5.91 Å². The highest BCUT2D eigenvalue weighted by Crippen LogP contribution is 2.29. The third kappa shape index (κ3) is 5.17. The van der Waals surface area contributed by atoms with Crippen LogP contribution in [0, 0.1) is 6.92 Å². The number of ether oxygens (including phenoxy) is 1. The maximum atomic E-state index is 12.9. The second-order valence-corrected chi connectivity index (χ2v) is 8.61. The lowest BCUT2D eigenvalue weighted by atomic mass is 10.1. The van der Waals surface area contributed by atoms with E-state index in [1.807, 2.05) is 83.8 Å². The standard InChI is InChI=1S/C29H28N4O2/c1-22-9-5-6-12-24(22)26-15-16-28(31-30-26)32-17-19-33(20-18-32)29(34)21-35-27-14-8-7-13-25(27)23-10-3-2-4-11-23/h2-16H,17-21H2,1H3. The molecule has 6 nitrogen and oxygen atoms in total. The fourth-order valence-electron chi connectivity index (χ4n) is 4.36. The van der Waals surface area contributed by atoms with Crippen molar-refractivity contribution in [2.24, 2.45) is 0 Å². The molecule has 4 aromatic rings. The Hall–Kier alpha value is -4.19. The Kier molecular flexibility index (Phi) is 6.70. The number of anilines is 1. The van der Waals surface area contributed by atoms with Gasteiger partial charge in [0.15, 0.2) is 12.4 Å². The molecule has 176 valence electrons. The average molecular weight is 465 g/mol. The topological polar surface area (TPSA) is 58.6 Å². The van der Waals surface area contributed by atoms with Crippen LogP contribution >= 0.6 is 0 Å². The summed E-state index contributed by atoms with van der Waals surface area (Å²) in [5.74, 6) is 1.55. The van der Waals surface area contributed by atoms with Gasteiger partial charge in [-0.05, 0) is 36.2 Å². The van der Waals surface area contributed by atoms with Crippen LogP contribution in [0.15, 0.2) is 91.0 Å². The molecule has 1 fully saturated rings. The molecule has 0 radical (unpaired) electrons. The largest absolute Gasteiger partial charge is 0.483 e. The van der Waals surface area contributed by atoms with E-state index in [2.05, 4.69) is 34.2 Å². The van der Waals surface area contributed by atoms with Crippen LogP contribution in [0.5, 0.6) is 5.75 Å². The van der Waals surface area contributed by atoms with E-state index in [1.54, 1.807) is 0 Å². The SMILES string of the molecule is Cc1ccccc1-c1ccc(N2CCN(C(=O)COc3ccccc3-c3ccccc3)CC2)nn1. The van der Waals surface area contributed by atoms with E-state index in [4.69, 9.17) is 4.74 Å². The summed E-state index contributed by atoms with van der Waals surface area (Å²) in [6.07, 6.45) is 0. The number of hydrogen-bond acceptors (Lipinski definition) is 5. The summed E-state index contributed by atoms with van der Waals surface area (Å²) >= 11 is 0. The highest BCUT2D eigenvalue weighted by molar-refractivity contribution is 5.79. The molecular weight excluding hydrogens is 436 g/mol. The van der Waals surface area contributed by atoms with Gasteiger partial charge in [0, 0.05) is 37.3 Å². The number of hydrogen-bond donors (Lipinski definition) is 0. The Morgan fingerprint density at radius 2 is 1.46 bits per heavy atom. The maximum Gasteiger partial charge on any atom is 0.260 e. The Labute approximate surface area is 205 Å². The summed E-state index contributed by atoms with van der Waals surface area (Å²) in [5.41, 5.74) is 5.19. The van der Waals surface area contributed by atoms with Gasteiger partial charge in [0.05, 0.1) is 5.69 Å². The second-order valence-electron chi connectivity index (χ2n) is 8.61. The van der Waals surface area contributed by atoms with Gasteiger partial charge in [-0.25, -0.2) is 0 Å². The van der Waals surface area contributed by atoms with Gasteiger partial charge in [0.2, 0.25) is 0 Å². The summed E-state index contributed by atoms with van der Waals surface area (Å²) in [6, 6.07) is 30.1. The van der Waals surface area contributed by atoms with Gasteiger partial charge in [-0.2, -0.15) is 0 Å². The first-order valence-electron chi connectivity index (χ1n) is 11.9. The Morgan fingerprint density at radius 1 is 0.771 bits per heavy atom. The van der Waals surface area contributed by atoms with Crippen LogP contribution in [0.1, 0.15) is 5.56 Å². The molecule has 0 unspecified atom stereocenters. The van der Waals surface area contributed by atoms with Gasteiger partial charge in [-0.15, -0.1) is 10.2 Å². The molecular formula is C29H28N4O2. The molecule has 3 aromatic carbocycles. The molecule has 1 aliphatic heterocycles. The number of benzene rings is 3. The molecule has 0 N–H and O–H groups in total. The predicted octanol–water partition coefficient (Wildman–Crippen LogP) is 4.85. The normalized spacial score (nSPS) is 13.5. The van der Waals surface area contributed by atoms with Crippen molar-refractivity contribution >= 4 is 11.7 Å². The molecule has 6 heteroatoms. The van der Waals surface area contributed by atoms with Crippen molar-refractivity contribution in [2.45, 2.75) is 6.92 Å². The number of carbonyl (C=O) groups excluding carboxylic acids is 1. The number of para-hydroxylation sites is 1. The monoisotopic (exact) mass is 464 g/mol. The lowest BCUT2D eigenvalue weighted by Crippen LogP contribution is -2.50. The van der Waals surface area contributed by atoms with Crippen LogP contribution in [0.4, 0.5) is 5.82 Å². The second kappa shape index (κ2) is 10.4. The summed E-state index contributed by atoms with van der Waals surface area (Å²) in [7, 11) is 0. The van der Waals surface area contributed by atoms with Gasteiger partial charge in [-0.1, -0.05) is 72.8 Å². The third-order valence-electron chi connectivity index (χ3n) is 6.35. The summed E-state index contributed by atoms with van der Waals surface area (Å²) in [6.45, 7) is 4.78. The molecule has 1 aliphatic rings. The van der Waals surface area contributed by atoms with Crippen molar-refractivity contribution in [3.05, 3.63) is 96.6 Å². The Morgan fingerprint density at radius 3 is 2.17 bits per heavy atom. The van der Waals surface area contributed by atoms with E-state index >= 15 is 0 Å². The van der Waals surface area contributed by atoms with Crippen LogP contribution < -0.4 is 9.64 Å². The number of amides is 1. The first-order chi connectivity index (χ1) is 17.2. The number of carbonyl (C=O) groups is 1. The fraction of sp³-hybridized carbons (Fsp3) is 0.207. The summed E-state index contributed by atoms with van der Waals surface area (Å²) in [4.78, 5) is 16.9. The Bertz CT molecular complexity index is 1280. The molecule has 35 heavy (non-hydrogen) atoms. The van der Waals surface area contributed by atoms with E-state index in [0.717, 1.165) is 34.0 Å². The van der Waals surface area contributed by atoms with Gasteiger partial charge < -0.3 is 14.5 Å². The highest BCUT2D eigenvalue weighted by atomic mass is 16.5. The van der Waals surface area contributed by atoms with Crippen LogP contribution in [-0.2, 0) is 4.79 Å². The van der Waals surface area contributed by atoms with Gasteiger partial charge in [0.1, 0.15) is 5.75 Å². The number of aromatic nitrogens is 2. The molecule has 0 atom stereocenters. The minimum Gasteiger partial charge on any atom is -0.483 e. The Balaban J connectivity index is 1.16. The van der Waals surface area contributed by atoms with Crippen molar-refractivity contribution in [1.29, 1.82) is 0 Å². The van der Waals surface area contributed by atoms with E-state index in [0.29, 0.717) is 26.2 Å². The molecule has 1 saturated heterocycles. The number of rotatable bonds is 6. The van der Waals surface area contributed by atoms with E-state index in [9.17, 15) is 4.79 Å². The first-order valence-corrected chi connectivity index (χ1v) is 11.9. The predicted molar refractivity (Wildman–Crippen MR) is 138 cm³/mol. The maximum absolute atomic E-state index is 12.9. The van der Waals surface area contributed by atoms with Crippen LogP contribution in [0.2, 0.25) is 0 Å². The smallest absolute Gasteiger partial charge is 0.260 e. The van der Waals surface area contributed by atoms with Gasteiger partial charge >= 0.3 is 0 Å². The average Bonchev–Trinajstić information content (AvgIpc) is 2.93. The van der Waals surface area contributed by atoms with Crippen LogP contribution in [0.25, 0.3) is 22.4 Å². The molecule has 1 amide bonds. The minimum atomic E-state index is -0.00602.